The average Bonchev–Trinajstić information content (AvgIpc) is 0.722. The van der Waals surface area contributed by atoms with Crippen LogP contribution in [0.5, 0.6) is 0 Å². The van der Waals surface area contributed by atoms with Crippen LogP contribution in [0.25, 0.3) is 0 Å². The van der Waals surface area contributed by atoms with Crippen LogP contribution in [0.1, 0.15) is 1.43 Å². The molecule has 0 fully saturated rings. The van der Waals surface area contributed by atoms with Crippen LogP contribution >= 0.6 is 0 Å². The molecule has 0 amide bonds. The van der Waals surface area contributed by atoms with Gasteiger partial charge in [-0.1, -0.05) is 0 Å². The number of hydrogen-bond acceptors (Lipinski definition) is 2. The molecule has 0 heterocycles. The third-order valence-electron chi connectivity index (χ3n) is 0. The van der Waals surface area contributed by atoms with Crippen LogP contribution in [0.15, 0.2) is 0 Å². The van der Waals surface area contributed by atoms with Gasteiger partial charge in [0.1, 0.15) is 0 Å². The molecule has 0 rings (SSSR count). The quantitative estimate of drug-likeness (QED) is 0.343. The molecular formula is CH6NaO3S. The topological polar surface area (TPSA) is 54.4 Å². The Morgan fingerprint density at radius 1 is 1.67 bits per heavy atom. The van der Waals surface area contributed by atoms with Gasteiger partial charge in [-0.3, -0.25) is 4.55 Å². The first kappa shape index (κ1) is 10.0. The van der Waals surface area contributed by atoms with Gasteiger partial charge in [0, 0.05) is 31.0 Å². The van der Waals surface area contributed by atoms with Gasteiger partial charge in [0.15, 0.2) is 0 Å². The zero-order chi connectivity index (χ0) is 4.50. The van der Waals surface area contributed by atoms with Crippen molar-refractivity contribution in [3.05, 3.63) is 0 Å². The second-order valence-corrected chi connectivity index (χ2v) is 2.20. The minimum absolute atomic E-state index is 0. The summed E-state index contributed by atoms with van der Waals surface area (Å²) < 4.78 is 25.9. The first-order valence-corrected chi connectivity index (χ1v) is 2.77. The summed E-state index contributed by atoms with van der Waals surface area (Å²) in [5, 5.41) is 0. The van der Waals surface area contributed by atoms with Gasteiger partial charge in [0.05, 0.1) is 6.26 Å². The van der Waals surface area contributed by atoms with E-state index in [0.717, 1.165) is 0 Å². The fourth-order valence-electron chi connectivity index (χ4n) is 0. The predicted molar refractivity (Wildman–Crippen MR) is 25.3 cm³/mol. The molecule has 35 valence electrons. The molecule has 0 aromatic carbocycles. The predicted octanol–water partition coefficient (Wildman–Crippen LogP) is -0.631. The molecule has 0 aliphatic heterocycles. The van der Waals surface area contributed by atoms with Gasteiger partial charge >= 0.3 is 0 Å². The minimum Gasteiger partial charge on any atom is -0.286 e. The molecule has 0 saturated heterocycles. The molecule has 1 radical (unpaired) electrons. The molecule has 3 nitrogen and oxygen atoms in total. The van der Waals surface area contributed by atoms with Gasteiger partial charge < -0.3 is 0 Å². The van der Waals surface area contributed by atoms with Gasteiger partial charge in [0.2, 0.25) is 0 Å². The average molecular weight is 121 g/mol. The summed E-state index contributed by atoms with van der Waals surface area (Å²) in [6, 6.07) is 0. The van der Waals surface area contributed by atoms with Gasteiger partial charge in [-0.15, -0.1) is 0 Å². The monoisotopic (exact) mass is 121 g/mol. The van der Waals surface area contributed by atoms with Crippen LogP contribution < -0.4 is 0 Å². The Bertz CT molecular complexity index is 98.1. The summed E-state index contributed by atoms with van der Waals surface area (Å²) in [6.45, 7) is 0. The second kappa shape index (κ2) is 2.98. The molecule has 0 aromatic heterocycles. The van der Waals surface area contributed by atoms with Crippen LogP contribution in [0.4, 0.5) is 0 Å². The van der Waals surface area contributed by atoms with Crippen molar-refractivity contribution in [1.29, 1.82) is 0 Å². The minimum atomic E-state index is -3.67. The third-order valence-corrected chi connectivity index (χ3v) is 0. The fraction of sp³-hybridized carbons (Fsp3) is 1.00. The Morgan fingerprint density at radius 3 is 1.67 bits per heavy atom. The van der Waals surface area contributed by atoms with Crippen LogP contribution in [-0.2, 0) is 10.1 Å². The molecule has 6 heavy (non-hydrogen) atoms. The summed E-state index contributed by atoms with van der Waals surface area (Å²) in [6.07, 6.45) is 0.715. The van der Waals surface area contributed by atoms with Crippen molar-refractivity contribution in [2.45, 2.75) is 0 Å². The van der Waals surface area contributed by atoms with E-state index in [1.54, 1.807) is 0 Å². The molecule has 0 bridgehead atoms. The first-order valence-electron chi connectivity index (χ1n) is 0.924. The maximum atomic E-state index is 9.19. The zero-order valence-electron chi connectivity index (χ0n) is 3.67. The van der Waals surface area contributed by atoms with E-state index in [4.69, 9.17) is 4.55 Å². The Labute approximate surface area is 60.3 Å². The van der Waals surface area contributed by atoms with Gasteiger partial charge in [-0.05, 0) is 0 Å². The Hall–Kier alpha value is 0.910. The van der Waals surface area contributed by atoms with E-state index < -0.39 is 10.1 Å². The number of rotatable bonds is 0. The molecule has 0 unspecified atom stereocenters. The van der Waals surface area contributed by atoms with Crippen molar-refractivity contribution in [1.82, 2.24) is 0 Å². The van der Waals surface area contributed by atoms with Crippen LogP contribution in [0.2, 0.25) is 0 Å². The van der Waals surface area contributed by atoms with Gasteiger partial charge in [-0.25, -0.2) is 0 Å². The van der Waals surface area contributed by atoms with Crippen molar-refractivity contribution >= 4 is 39.7 Å². The maximum absolute atomic E-state index is 9.19. The van der Waals surface area contributed by atoms with E-state index in [1.165, 1.54) is 0 Å². The smallest absolute Gasteiger partial charge is 0.261 e. The van der Waals surface area contributed by atoms with Crippen molar-refractivity contribution in [2.24, 2.45) is 0 Å². The van der Waals surface area contributed by atoms with Crippen molar-refractivity contribution < 1.29 is 14.4 Å². The van der Waals surface area contributed by atoms with Crippen molar-refractivity contribution in [3.8, 4) is 0 Å². The maximum Gasteiger partial charge on any atom is 0.261 e. The van der Waals surface area contributed by atoms with Gasteiger partial charge in [-0.2, -0.15) is 8.42 Å². The molecular weight excluding hydrogens is 115 g/mol. The summed E-state index contributed by atoms with van der Waals surface area (Å²) in [5.41, 5.74) is 0. The van der Waals surface area contributed by atoms with E-state index in [-0.39, 0.29) is 31.0 Å². The van der Waals surface area contributed by atoms with Crippen molar-refractivity contribution in [3.63, 3.8) is 0 Å². The zero-order valence-corrected chi connectivity index (χ0v) is 6.49. The van der Waals surface area contributed by atoms with Gasteiger partial charge in [0.25, 0.3) is 10.1 Å². The molecule has 0 atom stereocenters. The molecule has 0 saturated carbocycles. The Kier molecular flexibility index (Phi) is 4.98. The third kappa shape index (κ3) is 90.6. The second-order valence-electron chi connectivity index (χ2n) is 0.733. The molecule has 0 aromatic rings. The SMILES string of the molecule is CS(=O)(=O)O.[HH].[Na]. The summed E-state index contributed by atoms with van der Waals surface area (Å²) in [7, 11) is -3.67. The fourth-order valence-corrected chi connectivity index (χ4v) is 0. The Morgan fingerprint density at radius 2 is 1.67 bits per heavy atom. The molecule has 0 aliphatic rings. The van der Waals surface area contributed by atoms with Crippen LogP contribution in [-0.4, -0.2) is 48.8 Å². The largest absolute Gasteiger partial charge is 0.286 e. The van der Waals surface area contributed by atoms with E-state index >= 15 is 0 Å². The summed E-state index contributed by atoms with van der Waals surface area (Å²) >= 11 is 0. The summed E-state index contributed by atoms with van der Waals surface area (Å²) in [4.78, 5) is 0. The summed E-state index contributed by atoms with van der Waals surface area (Å²) in [5.74, 6) is 0. The normalized spacial score (nSPS) is 9.67. The van der Waals surface area contributed by atoms with E-state index in [0.29, 0.717) is 6.26 Å². The van der Waals surface area contributed by atoms with E-state index in [2.05, 4.69) is 0 Å². The van der Waals surface area contributed by atoms with Crippen LogP contribution in [0, 0.1) is 0 Å². The van der Waals surface area contributed by atoms with Crippen molar-refractivity contribution in [2.75, 3.05) is 6.26 Å². The van der Waals surface area contributed by atoms with Crippen LogP contribution in [0.3, 0.4) is 0 Å². The molecule has 1 N–H and O–H groups in total. The molecule has 5 heteroatoms. The van der Waals surface area contributed by atoms with E-state index in [9.17, 15) is 8.42 Å². The molecule has 0 aliphatic carbocycles. The Balaban J connectivity index is -0.0000000800. The standard InChI is InChI=1S/CH4O3S.Na.H2/c1-5(2,3)4;;/h1H3,(H,2,3,4);;1H. The first-order chi connectivity index (χ1) is 2.00. The van der Waals surface area contributed by atoms with E-state index in [1.807, 2.05) is 0 Å². The number of hydrogen-bond donors (Lipinski definition) is 1. The molecule has 0 spiro atoms.